The van der Waals surface area contributed by atoms with Gasteiger partial charge in [-0.1, -0.05) is 60.1 Å². The second-order valence-corrected chi connectivity index (χ2v) is 6.43. The van der Waals surface area contributed by atoms with Crippen LogP contribution in [0.25, 0.3) is 0 Å². The fourth-order valence-electron chi connectivity index (χ4n) is 3.14. The average Bonchev–Trinajstić information content (AvgIpc) is 3.49. The van der Waals surface area contributed by atoms with Crippen molar-refractivity contribution in [2.24, 2.45) is 0 Å². The first-order valence-corrected chi connectivity index (χ1v) is 9.73. The van der Waals surface area contributed by atoms with Crippen LogP contribution in [0.5, 0.6) is 0 Å². The van der Waals surface area contributed by atoms with Gasteiger partial charge in [-0.2, -0.15) is 0 Å². The quantitative estimate of drug-likeness (QED) is 0.390. The van der Waals surface area contributed by atoms with Crippen LogP contribution in [0.3, 0.4) is 0 Å². The van der Waals surface area contributed by atoms with Crippen molar-refractivity contribution in [3.8, 4) is 0 Å². The average molecular weight is 614 g/mol. The number of aliphatic hydroxyl groups is 1. The zero-order chi connectivity index (χ0) is 28.1. The molecule has 3 rings (SSSR count). The van der Waals surface area contributed by atoms with E-state index in [-0.39, 0.29) is 33.6 Å². The first-order chi connectivity index (χ1) is 17.2. The monoisotopic (exact) mass is 613 g/mol. The molecule has 8 nitrogen and oxygen atoms in total. The van der Waals surface area contributed by atoms with Crippen molar-refractivity contribution in [1.29, 1.82) is 0 Å². The minimum Gasteiger partial charge on any atom is 0 e. The molecule has 4 radical (unpaired) electrons. The molecule has 0 spiro atoms. The Morgan fingerprint density at radius 1 is 0.730 bits per heavy atom. The number of benzene rings is 2. The van der Waals surface area contributed by atoms with Gasteiger partial charge in [-0.15, -0.1) is 0 Å². The first kappa shape index (κ1) is 48.2. The van der Waals surface area contributed by atoms with Crippen LogP contribution in [0.15, 0.2) is 54.6 Å². The van der Waals surface area contributed by atoms with Gasteiger partial charge < -0.3 is 10.0 Å². The summed E-state index contributed by atoms with van der Waals surface area (Å²) in [5.74, 6) is 0. The van der Waals surface area contributed by atoms with Crippen molar-refractivity contribution >= 4 is 11.6 Å². The van der Waals surface area contributed by atoms with Crippen molar-refractivity contribution in [2.45, 2.75) is 18.4 Å². The predicted octanol–water partition coefficient (Wildman–Crippen LogP) is 3.85. The standard InChI is InChI=1S/C20H22ClNO.6CO.2Co/c21-19-12-5-4-11-18(19)20(23,17-9-2-1-3-10-17)13-8-16-22-14-6-7-15-22;6*1-2;;/h1-5,8-13,23H,6-7,14-16H2;;;;;;;;. The summed E-state index contributed by atoms with van der Waals surface area (Å²) < 4.78 is 45.0. The molecule has 1 atom stereocenters. The largest absolute Gasteiger partial charge is 0 e. The van der Waals surface area contributed by atoms with E-state index in [1.807, 2.05) is 61.0 Å². The molecule has 0 saturated carbocycles. The molecule has 0 aliphatic carbocycles. The Hall–Kier alpha value is -1.90. The van der Waals surface area contributed by atoms with E-state index in [4.69, 9.17) is 39.5 Å². The Bertz CT molecular complexity index is 850. The third-order valence-electron chi connectivity index (χ3n) is 4.42. The summed E-state index contributed by atoms with van der Waals surface area (Å²) in [5, 5.41) is 12.0. The molecule has 1 aliphatic heterocycles. The summed E-state index contributed by atoms with van der Waals surface area (Å²) >= 11 is 6.36. The molecule has 0 bridgehead atoms. The summed E-state index contributed by atoms with van der Waals surface area (Å²) in [5.41, 5.74) is 0.329. The smallest absolute Gasteiger partial charge is 0 e. The number of hydrogen-bond donors (Lipinski definition) is 1. The van der Waals surface area contributed by atoms with Crippen LogP contribution in [0.2, 0.25) is 5.02 Å². The van der Waals surface area contributed by atoms with E-state index in [1.165, 1.54) is 12.8 Å². The summed E-state index contributed by atoms with van der Waals surface area (Å²) in [6.07, 6.45) is 6.46. The summed E-state index contributed by atoms with van der Waals surface area (Å²) in [6.45, 7) is 30.1. The Labute approximate surface area is 243 Å². The van der Waals surface area contributed by atoms with Crippen LogP contribution in [-0.2, 0) is 67.1 Å². The maximum Gasteiger partial charge on any atom is 0 e. The maximum absolute atomic E-state index is 11.4. The molecule has 1 aliphatic rings. The normalized spacial score (nSPS) is 11.5. The molecule has 1 saturated heterocycles. The zero-order valence-corrected chi connectivity index (χ0v) is 22.1. The van der Waals surface area contributed by atoms with Gasteiger partial charge in [0.15, 0.2) is 0 Å². The second-order valence-electron chi connectivity index (χ2n) is 6.02. The molecule has 2 aromatic carbocycles. The van der Waals surface area contributed by atoms with Crippen molar-refractivity contribution in [3.63, 3.8) is 0 Å². The van der Waals surface area contributed by atoms with E-state index < -0.39 is 5.60 Å². The van der Waals surface area contributed by atoms with Crippen LogP contribution < -0.4 is 0 Å². The predicted molar refractivity (Wildman–Crippen MR) is 119 cm³/mol. The van der Waals surface area contributed by atoms with Gasteiger partial charge in [-0.05, 0) is 44.0 Å². The van der Waals surface area contributed by atoms with Gasteiger partial charge in [0, 0.05) is 57.1 Å². The zero-order valence-electron chi connectivity index (χ0n) is 19.3. The molecule has 198 valence electrons. The number of likely N-dealkylation sites (tertiary alicyclic amines) is 1. The number of nitrogens with zero attached hydrogens (tertiary/aromatic N) is 1. The fraction of sp³-hybridized carbons (Fsp3) is 0.231. The summed E-state index contributed by atoms with van der Waals surface area (Å²) in [7, 11) is 0. The Kier molecular flexibility index (Phi) is 47.2. The van der Waals surface area contributed by atoms with Gasteiger partial charge in [0.25, 0.3) is 0 Å². The summed E-state index contributed by atoms with van der Waals surface area (Å²) in [6, 6.07) is 17.2. The number of halogens is 1. The molecular weight excluding hydrogens is 592 g/mol. The van der Waals surface area contributed by atoms with Crippen LogP contribution >= 0.6 is 11.6 Å². The first-order valence-electron chi connectivity index (χ1n) is 9.35. The van der Waals surface area contributed by atoms with E-state index in [2.05, 4.69) is 51.2 Å². The third-order valence-corrected chi connectivity index (χ3v) is 4.75. The van der Waals surface area contributed by atoms with E-state index >= 15 is 0 Å². The van der Waals surface area contributed by atoms with Crippen LogP contribution in [0.4, 0.5) is 0 Å². The van der Waals surface area contributed by atoms with E-state index in [1.54, 1.807) is 0 Å². The molecular formula is C26H22ClCo2NO7. The van der Waals surface area contributed by atoms with Crippen molar-refractivity contribution in [3.05, 3.63) is 123 Å². The molecule has 1 N–H and O–H groups in total. The molecule has 1 heterocycles. The van der Waals surface area contributed by atoms with Crippen molar-refractivity contribution in [1.82, 2.24) is 4.90 Å². The fourth-order valence-corrected chi connectivity index (χ4v) is 3.42. The third kappa shape index (κ3) is 18.9. The van der Waals surface area contributed by atoms with Gasteiger partial charge in [0.2, 0.25) is 0 Å². The molecule has 0 aromatic heterocycles. The van der Waals surface area contributed by atoms with Gasteiger partial charge in [0.05, 0.1) is 0 Å². The molecule has 2 aromatic rings. The van der Waals surface area contributed by atoms with Crippen molar-refractivity contribution in [2.75, 3.05) is 19.6 Å². The van der Waals surface area contributed by atoms with E-state index in [9.17, 15) is 5.11 Å². The molecule has 1 unspecified atom stereocenters. The van der Waals surface area contributed by atoms with Gasteiger partial charge in [-0.25, -0.2) is 0 Å². The molecule has 11 heteroatoms. The number of rotatable bonds is 6. The minimum atomic E-state index is -1.21. The molecule has 37 heavy (non-hydrogen) atoms. The van der Waals surface area contributed by atoms with E-state index in [0.29, 0.717) is 10.6 Å². The summed E-state index contributed by atoms with van der Waals surface area (Å²) in [4.78, 5) is 2.40. The van der Waals surface area contributed by atoms with Crippen LogP contribution in [0.1, 0.15) is 24.0 Å². The van der Waals surface area contributed by atoms with Gasteiger partial charge >= 0.3 is 67.8 Å². The molecule has 1 fully saturated rings. The van der Waals surface area contributed by atoms with Crippen LogP contribution in [0, 0.1) is 52.7 Å². The van der Waals surface area contributed by atoms with Gasteiger partial charge in [-0.3, -0.25) is 0 Å². The second kappa shape index (κ2) is 36.3. The Balaban J connectivity index is -0.000000152. The maximum atomic E-state index is 11.4. The molecule has 0 amide bonds. The van der Waals surface area contributed by atoms with E-state index in [0.717, 1.165) is 25.2 Å². The topological polar surface area (TPSA) is 143 Å². The Morgan fingerprint density at radius 2 is 1.14 bits per heavy atom. The van der Waals surface area contributed by atoms with Crippen LogP contribution in [-0.4, -0.2) is 29.6 Å². The van der Waals surface area contributed by atoms with Crippen molar-refractivity contribution < 1.29 is 66.6 Å². The Morgan fingerprint density at radius 3 is 1.57 bits per heavy atom. The number of hydrogen-bond acceptors (Lipinski definition) is 2. The minimum absolute atomic E-state index is 0. The van der Waals surface area contributed by atoms with Gasteiger partial charge in [0.1, 0.15) is 5.60 Å². The SMILES string of the molecule is OC([CH][CH]CN1CCCC1)(c1ccccc1)c1ccccc1Cl.[C-]#[O+].[C-]#[O+].[C-]#[O+].[C-]#[O+].[C-]#[O+].[C-]#[O+].[Co].[Co].